The van der Waals surface area contributed by atoms with Crippen molar-refractivity contribution in [2.75, 3.05) is 18.0 Å². The van der Waals surface area contributed by atoms with E-state index in [-0.39, 0.29) is 0 Å². The van der Waals surface area contributed by atoms with Crippen LogP contribution in [0.4, 0.5) is 5.69 Å². The predicted octanol–water partition coefficient (Wildman–Crippen LogP) is 4.08. The number of anilines is 1. The van der Waals surface area contributed by atoms with E-state index in [1.54, 1.807) is 0 Å². The largest absolute Gasteiger partial charge is 0.372 e. The van der Waals surface area contributed by atoms with E-state index in [0.29, 0.717) is 0 Å². The van der Waals surface area contributed by atoms with Crippen LogP contribution in [0.25, 0.3) is 0 Å². The van der Waals surface area contributed by atoms with Gasteiger partial charge in [-0.1, -0.05) is 33.6 Å². The summed E-state index contributed by atoms with van der Waals surface area (Å²) >= 11 is 9.61. The first kappa shape index (κ1) is 11.9. The predicted molar refractivity (Wildman–Crippen MR) is 67.6 cm³/mol. The fourth-order valence-electron chi connectivity index (χ4n) is 1.54. The highest BCUT2D eigenvalue weighted by atomic mass is 79.9. The Kier molecular flexibility index (Phi) is 4.76. The van der Waals surface area contributed by atoms with Crippen LogP contribution in [0.1, 0.15) is 19.4 Å². The van der Waals surface area contributed by atoms with Gasteiger partial charge in [0.2, 0.25) is 0 Å². The van der Waals surface area contributed by atoms with Crippen LogP contribution in [0.5, 0.6) is 0 Å². The topological polar surface area (TPSA) is 3.24 Å². The molecule has 1 nitrogen and oxygen atoms in total. The Morgan fingerprint density at radius 1 is 1.29 bits per heavy atom. The maximum Gasteiger partial charge on any atom is 0.0467 e. The van der Waals surface area contributed by atoms with E-state index >= 15 is 0 Å². The molecule has 1 aromatic rings. The molecule has 3 heteroatoms. The molecular weight excluding hydrogens is 261 g/mol. The van der Waals surface area contributed by atoms with Gasteiger partial charge in [0.15, 0.2) is 0 Å². The number of alkyl halides is 1. The highest BCUT2D eigenvalue weighted by Gasteiger charge is 2.09. The van der Waals surface area contributed by atoms with Gasteiger partial charge in [0.25, 0.3) is 0 Å². The number of halogens is 2. The molecule has 14 heavy (non-hydrogen) atoms. The highest BCUT2D eigenvalue weighted by Crippen LogP contribution is 2.29. The van der Waals surface area contributed by atoms with Crippen molar-refractivity contribution in [3.63, 3.8) is 0 Å². The molecule has 0 aliphatic rings. The first-order valence-electron chi connectivity index (χ1n) is 4.82. The van der Waals surface area contributed by atoms with Crippen molar-refractivity contribution < 1.29 is 0 Å². The summed E-state index contributed by atoms with van der Waals surface area (Å²) < 4.78 is 0. The molecule has 0 atom stereocenters. The lowest BCUT2D eigenvalue weighted by Gasteiger charge is -2.24. The van der Waals surface area contributed by atoms with E-state index in [0.717, 1.165) is 23.4 Å². The first-order chi connectivity index (χ1) is 6.74. The van der Waals surface area contributed by atoms with Gasteiger partial charge in [-0.25, -0.2) is 0 Å². The number of hydrogen-bond donors (Lipinski definition) is 0. The number of nitrogens with zero attached hydrogens (tertiary/aromatic N) is 1. The number of hydrogen-bond acceptors (Lipinski definition) is 1. The third-order valence-electron chi connectivity index (χ3n) is 2.33. The summed E-state index contributed by atoms with van der Waals surface area (Å²) in [5, 5.41) is 1.64. The molecule has 0 bridgehead atoms. The monoisotopic (exact) mass is 275 g/mol. The molecule has 0 spiro atoms. The van der Waals surface area contributed by atoms with Crippen molar-refractivity contribution in [1.29, 1.82) is 0 Å². The second-order valence-corrected chi connectivity index (χ2v) is 4.01. The Bertz CT molecular complexity index is 297. The molecule has 0 amide bonds. The van der Waals surface area contributed by atoms with E-state index in [9.17, 15) is 0 Å². The van der Waals surface area contributed by atoms with Gasteiger partial charge in [0.05, 0.1) is 0 Å². The SMILES string of the molecule is CCN(CC)c1cccc(Cl)c1CBr. The van der Waals surface area contributed by atoms with E-state index in [1.807, 2.05) is 12.1 Å². The lowest BCUT2D eigenvalue weighted by Crippen LogP contribution is -2.23. The quantitative estimate of drug-likeness (QED) is 0.749. The van der Waals surface area contributed by atoms with Crippen LogP contribution >= 0.6 is 27.5 Å². The summed E-state index contributed by atoms with van der Waals surface area (Å²) in [5.74, 6) is 0. The average Bonchev–Trinajstić information content (AvgIpc) is 2.20. The molecule has 1 rings (SSSR count). The van der Waals surface area contributed by atoms with Crippen molar-refractivity contribution in [3.8, 4) is 0 Å². The van der Waals surface area contributed by atoms with Crippen molar-refractivity contribution in [3.05, 3.63) is 28.8 Å². The Labute approximate surface area is 99.2 Å². The van der Waals surface area contributed by atoms with Gasteiger partial charge in [-0.2, -0.15) is 0 Å². The number of benzene rings is 1. The minimum absolute atomic E-state index is 0.804. The van der Waals surface area contributed by atoms with Crippen LogP contribution in [-0.2, 0) is 5.33 Å². The van der Waals surface area contributed by atoms with Crippen LogP contribution in [0.2, 0.25) is 5.02 Å². The van der Waals surface area contributed by atoms with Gasteiger partial charge in [0.1, 0.15) is 0 Å². The van der Waals surface area contributed by atoms with Crippen molar-refractivity contribution >= 4 is 33.2 Å². The summed E-state index contributed by atoms with van der Waals surface area (Å²) in [6, 6.07) is 6.06. The fraction of sp³-hybridized carbons (Fsp3) is 0.455. The van der Waals surface area contributed by atoms with Crippen molar-refractivity contribution in [2.45, 2.75) is 19.2 Å². The molecule has 0 unspecified atom stereocenters. The van der Waals surface area contributed by atoms with E-state index in [4.69, 9.17) is 11.6 Å². The summed E-state index contributed by atoms with van der Waals surface area (Å²) in [7, 11) is 0. The van der Waals surface area contributed by atoms with Gasteiger partial charge in [-0.05, 0) is 26.0 Å². The Balaban J connectivity index is 3.11. The van der Waals surface area contributed by atoms with E-state index < -0.39 is 0 Å². The zero-order valence-electron chi connectivity index (χ0n) is 8.56. The lowest BCUT2D eigenvalue weighted by molar-refractivity contribution is 0.861. The van der Waals surface area contributed by atoms with Gasteiger partial charge < -0.3 is 4.90 Å². The van der Waals surface area contributed by atoms with Crippen LogP contribution in [0, 0.1) is 0 Å². The lowest BCUT2D eigenvalue weighted by atomic mass is 10.2. The van der Waals surface area contributed by atoms with Crippen molar-refractivity contribution in [1.82, 2.24) is 0 Å². The molecule has 0 aromatic heterocycles. The summed E-state index contributed by atoms with van der Waals surface area (Å²) in [6.45, 7) is 6.33. The highest BCUT2D eigenvalue weighted by molar-refractivity contribution is 9.08. The second kappa shape index (κ2) is 5.62. The summed E-state index contributed by atoms with van der Waals surface area (Å²) in [4.78, 5) is 2.31. The van der Waals surface area contributed by atoms with Crippen molar-refractivity contribution in [2.24, 2.45) is 0 Å². The van der Waals surface area contributed by atoms with E-state index in [2.05, 4.69) is 40.7 Å². The first-order valence-corrected chi connectivity index (χ1v) is 6.32. The number of rotatable bonds is 4. The molecule has 0 aliphatic carbocycles. The minimum atomic E-state index is 0.804. The molecule has 0 radical (unpaired) electrons. The second-order valence-electron chi connectivity index (χ2n) is 3.04. The summed E-state index contributed by atoms with van der Waals surface area (Å²) in [5.41, 5.74) is 2.41. The standard InChI is InChI=1S/C11H15BrClN/c1-3-14(4-2)11-7-5-6-10(13)9(11)8-12/h5-7H,3-4,8H2,1-2H3. The van der Waals surface area contributed by atoms with Crippen LogP contribution in [-0.4, -0.2) is 13.1 Å². The summed E-state index contributed by atoms with van der Waals surface area (Å²) in [6.07, 6.45) is 0. The molecule has 0 fully saturated rings. The molecule has 0 N–H and O–H groups in total. The normalized spacial score (nSPS) is 10.3. The Morgan fingerprint density at radius 2 is 1.93 bits per heavy atom. The van der Waals surface area contributed by atoms with E-state index in [1.165, 1.54) is 11.3 Å². The Morgan fingerprint density at radius 3 is 2.43 bits per heavy atom. The smallest absolute Gasteiger partial charge is 0.0467 e. The average molecular weight is 277 g/mol. The van der Waals surface area contributed by atoms with Gasteiger partial charge in [0, 0.05) is 34.7 Å². The minimum Gasteiger partial charge on any atom is -0.372 e. The molecule has 0 saturated carbocycles. The molecule has 78 valence electrons. The zero-order chi connectivity index (χ0) is 10.6. The third-order valence-corrected chi connectivity index (χ3v) is 3.25. The molecule has 1 aromatic carbocycles. The Hall–Kier alpha value is -0.210. The zero-order valence-corrected chi connectivity index (χ0v) is 10.9. The van der Waals surface area contributed by atoms with Crippen LogP contribution in [0.15, 0.2) is 18.2 Å². The molecule has 0 heterocycles. The van der Waals surface area contributed by atoms with Gasteiger partial charge >= 0.3 is 0 Å². The molecule has 0 saturated heterocycles. The maximum atomic E-state index is 6.13. The molecular formula is C11H15BrClN. The van der Waals surface area contributed by atoms with Gasteiger partial charge in [-0.3, -0.25) is 0 Å². The fourth-order valence-corrected chi connectivity index (χ4v) is 2.53. The van der Waals surface area contributed by atoms with Crippen LogP contribution in [0.3, 0.4) is 0 Å². The van der Waals surface area contributed by atoms with Gasteiger partial charge in [-0.15, -0.1) is 0 Å². The maximum absolute atomic E-state index is 6.13. The van der Waals surface area contributed by atoms with Crippen LogP contribution < -0.4 is 4.90 Å². The molecule has 0 aliphatic heterocycles. The third kappa shape index (κ3) is 2.43.